The Labute approximate surface area is 111 Å². The standard InChI is InChI=1S/C15H27N3/c1-13(14-7-5-3-4-6-8-14)16-10-9-15-17-11-12-18(15)2/h11-14,16H,3-10H2,1-2H3/t13-/m0/s1. The van der Waals surface area contributed by atoms with Crippen LogP contribution < -0.4 is 5.32 Å². The van der Waals surface area contributed by atoms with Gasteiger partial charge in [0.1, 0.15) is 5.82 Å². The summed E-state index contributed by atoms with van der Waals surface area (Å²) < 4.78 is 2.11. The molecule has 1 aromatic rings. The maximum Gasteiger partial charge on any atom is 0.109 e. The van der Waals surface area contributed by atoms with Crippen LogP contribution in [0.1, 0.15) is 51.3 Å². The van der Waals surface area contributed by atoms with Crippen molar-refractivity contribution < 1.29 is 0 Å². The van der Waals surface area contributed by atoms with E-state index in [-0.39, 0.29) is 0 Å². The lowest BCUT2D eigenvalue weighted by Crippen LogP contribution is -2.35. The van der Waals surface area contributed by atoms with E-state index in [1.807, 2.05) is 12.4 Å². The molecule has 0 radical (unpaired) electrons. The molecular weight excluding hydrogens is 222 g/mol. The minimum atomic E-state index is 0.656. The summed E-state index contributed by atoms with van der Waals surface area (Å²) in [6.45, 7) is 3.40. The Bertz CT molecular complexity index is 337. The first-order valence-electron chi connectivity index (χ1n) is 7.47. The second-order valence-corrected chi connectivity index (χ2v) is 5.70. The summed E-state index contributed by atoms with van der Waals surface area (Å²) >= 11 is 0. The molecule has 0 saturated heterocycles. The first-order valence-corrected chi connectivity index (χ1v) is 7.47. The van der Waals surface area contributed by atoms with Crippen molar-refractivity contribution >= 4 is 0 Å². The van der Waals surface area contributed by atoms with Gasteiger partial charge in [0, 0.05) is 38.4 Å². The summed E-state index contributed by atoms with van der Waals surface area (Å²) in [6, 6.07) is 0.656. The van der Waals surface area contributed by atoms with Crippen LogP contribution in [0.4, 0.5) is 0 Å². The van der Waals surface area contributed by atoms with Crippen molar-refractivity contribution in [1.29, 1.82) is 0 Å². The van der Waals surface area contributed by atoms with Gasteiger partial charge in [0.15, 0.2) is 0 Å². The number of hydrogen-bond donors (Lipinski definition) is 1. The highest BCUT2D eigenvalue weighted by molar-refractivity contribution is 4.91. The molecule has 102 valence electrons. The normalized spacial score (nSPS) is 19.7. The van der Waals surface area contributed by atoms with Gasteiger partial charge in [-0.1, -0.05) is 25.7 Å². The Morgan fingerprint density at radius 1 is 1.33 bits per heavy atom. The van der Waals surface area contributed by atoms with Crippen molar-refractivity contribution in [2.45, 2.75) is 57.9 Å². The monoisotopic (exact) mass is 249 g/mol. The van der Waals surface area contributed by atoms with Gasteiger partial charge in [-0.2, -0.15) is 0 Å². The molecule has 1 aromatic heterocycles. The van der Waals surface area contributed by atoms with Crippen LogP contribution >= 0.6 is 0 Å². The van der Waals surface area contributed by atoms with E-state index in [0.29, 0.717) is 6.04 Å². The molecule has 1 saturated carbocycles. The number of rotatable bonds is 5. The van der Waals surface area contributed by atoms with Gasteiger partial charge in [-0.05, 0) is 25.7 Å². The van der Waals surface area contributed by atoms with Gasteiger partial charge >= 0.3 is 0 Å². The van der Waals surface area contributed by atoms with Crippen molar-refractivity contribution in [3.8, 4) is 0 Å². The maximum atomic E-state index is 4.36. The summed E-state index contributed by atoms with van der Waals surface area (Å²) in [4.78, 5) is 4.36. The van der Waals surface area contributed by atoms with E-state index in [4.69, 9.17) is 0 Å². The van der Waals surface area contributed by atoms with Crippen LogP contribution in [0.25, 0.3) is 0 Å². The number of imidazole rings is 1. The highest BCUT2D eigenvalue weighted by Crippen LogP contribution is 2.25. The predicted molar refractivity (Wildman–Crippen MR) is 75.6 cm³/mol. The first kappa shape index (κ1) is 13.6. The third kappa shape index (κ3) is 3.84. The van der Waals surface area contributed by atoms with Gasteiger partial charge in [-0.25, -0.2) is 4.98 Å². The van der Waals surface area contributed by atoms with Gasteiger partial charge in [-0.3, -0.25) is 0 Å². The average molecular weight is 249 g/mol. The van der Waals surface area contributed by atoms with Crippen LogP contribution in [0.2, 0.25) is 0 Å². The Hall–Kier alpha value is -0.830. The van der Waals surface area contributed by atoms with E-state index in [2.05, 4.69) is 28.8 Å². The molecule has 2 rings (SSSR count). The van der Waals surface area contributed by atoms with E-state index in [1.165, 1.54) is 44.3 Å². The van der Waals surface area contributed by atoms with Crippen LogP contribution in [0.15, 0.2) is 12.4 Å². The summed E-state index contributed by atoms with van der Waals surface area (Å²) in [7, 11) is 2.07. The molecule has 0 amide bonds. The zero-order chi connectivity index (χ0) is 12.8. The maximum absolute atomic E-state index is 4.36. The lowest BCUT2D eigenvalue weighted by Gasteiger charge is -2.23. The molecule has 3 nitrogen and oxygen atoms in total. The largest absolute Gasteiger partial charge is 0.338 e. The number of hydrogen-bond acceptors (Lipinski definition) is 2. The molecule has 1 N–H and O–H groups in total. The zero-order valence-corrected chi connectivity index (χ0v) is 11.9. The van der Waals surface area contributed by atoms with Crippen LogP contribution in [0, 0.1) is 5.92 Å². The Morgan fingerprint density at radius 2 is 2.06 bits per heavy atom. The van der Waals surface area contributed by atoms with Gasteiger partial charge in [0.2, 0.25) is 0 Å². The Kier molecular flexibility index (Phi) is 5.24. The summed E-state index contributed by atoms with van der Waals surface area (Å²) in [5.74, 6) is 2.06. The minimum absolute atomic E-state index is 0.656. The molecule has 1 atom stereocenters. The molecule has 1 aliphatic carbocycles. The molecule has 0 spiro atoms. The minimum Gasteiger partial charge on any atom is -0.338 e. The van der Waals surface area contributed by atoms with Crippen molar-refractivity contribution in [3.05, 3.63) is 18.2 Å². The van der Waals surface area contributed by atoms with E-state index >= 15 is 0 Å². The van der Waals surface area contributed by atoms with E-state index < -0.39 is 0 Å². The van der Waals surface area contributed by atoms with Crippen molar-refractivity contribution in [2.24, 2.45) is 13.0 Å². The van der Waals surface area contributed by atoms with Crippen LogP contribution in [0.5, 0.6) is 0 Å². The highest BCUT2D eigenvalue weighted by atomic mass is 15.0. The van der Waals surface area contributed by atoms with Gasteiger partial charge < -0.3 is 9.88 Å². The third-order valence-electron chi connectivity index (χ3n) is 4.34. The molecule has 0 unspecified atom stereocenters. The van der Waals surface area contributed by atoms with Gasteiger partial charge in [0.05, 0.1) is 0 Å². The second kappa shape index (κ2) is 6.93. The van der Waals surface area contributed by atoms with Crippen molar-refractivity contribution in [3.63, 3.8) is 0 Å². The Balaban J connectivity index is 1.70. The van der Waals surface area contributed by atoms with Crippen LogP contribution in [0.3, 0.4) is 0 Å². The topological polar surface area (TPSA) is 29.9 Å². The fourth-order valence-electron chi connectivity index (χ4n) is 3.03. The molecule has 1 heterocycles. The fourth-order valence-corrected chi connectivity index (χ4v) is 3.03. The molecule has 0 aliphatic heterocycles. The molecule has 18 heavy (non-hydrogen) atoms. The van der Waals surface area contributed by atoms with E-state index in [1.54, 1.807) is 0 Å². The second-order valence-electron chi connectivity index (χ2n) is 5.70. The molecular formula is C15H27N3. The fraction of sp³-hybridized carbons (Fsp3) is 0.800. The number of nitrogens with one attached hydrogen (secondary N) is 1. The van der Waals surface area contributed by atoms with E-state index in [0.717, 1.165) is 18.9 Å². The zero-order valence-electron chi connectivity index (χ0n) is 11.9. The SMILES string of the molecule is C[C@H](NCCc1nccn1C)C1CCCCCC1. The smallest absolute Gasteiger partial charge is 0.109 e. The van der Waals surface area contributed by atoms with Crippen LogP contribution in [-0.4, -0.2) is 22.1 Å². The number of aromatic nitrogens is 2. The van der Waals surface area contributed by atoms with Crippen LogP contribution in [-0.2, 0) is 13.5 Å². The van der Waals surface area contributed by atoms with E-state index in [9.17, 15) is 0 Å². The quantitative estimate of drug-likeness (QED) is 0.813. The molecule has 0 aromatic carbocycles. The summed E-state index contributed by atoms with van der Waals surface area (Å²) in [5.41, 5.74) is 0. The first-order chi connectivity index (χ1) is 8.77. The summed E-state index contributed by atoms with van der Waals surface area (Å²) in [5, 5.41) is 3.69. The van der Waals surface area contributed by atoms with Crippen molar-refractivity contribution in [2.75, 3.05) is 6.54 Å². The molecule has 1 aliphatic rings. The Morgan fingerprint density at radius 3 is 2.67 bits per heavy atom. The van der Waals surface area contributed by atoms with Gasteiger partial charge in [0.25, 0.3) is 0 Å². The number of aryl methyl sites for hydroxylation is 1. The van der Waals surface area contributed by atoms with Gasteiger partial charge in [-0.15, -0.1) is 0 Å². The lowest BCUT2D eigenvalue weighted by atomic mass is 9.93. The highest BCUT2D eigenvalue weighted by Gasteiger charge is 2.18. The molecule has 0 bridgehead atoms. The lowest BCUT2D eigenvalue weighted by molar-refractivity contribution is 0.338. The predicted octanol–water partition coefficient (Wildman–Crippen LogP) is 2.91. The number of nitrogens with zero attached hydrogens (tertiary/aromatic N) is 2. The summed E-state index contributed by atoms with van der Waals surface area (Å²) in [6.07, 6.45) is 13.5. The average Bonchev–Trinajstić information content (AvgIpc) is 2.64. The molecule has 3 heteroatoms. The third-order valence-corrected chi connectivity index (χ3v) is 4.34. The molecule has 1 fully saturated rings. The van der Waals surface area contributed by atoms with Crippen molar-refractivity contribution in [1.82, 2.24) is 14.9 Å².